The molecule has 1 aliphatic rings. The number of anilines is 1. The first-order valence-electron chi connectivity index (χ1n) is 5.95. The average Bonchev–Trinajstić information content (AvgIpc) is 2.92. The Kier molecular flexibility index (Phi) is 5.07. The molecule has 22 heavy (non-hydrogen) atoms. The second kappa shape index (κ2) is 6.66. The minimum atomic E-state index is -4.61. The molecule has 0 bridgehead atoms. The minimum Gasteiger partial charge on any atom is -0.466 e. The molecule has 0 aliphatic carbocycles. The molecule has 2 heterocycles. The van der Waals surface area contributed by atoms with Crippen LogP contribution in [0.5, 0.6) is 0 Å². The summed E-state index contributed by atoms with van der Waals surface area (Å²) < 4.78 is 43.4. The Bertz CT molecular complexity index is 622. The maximum absolute atomic E-state index is 12.9. The Morgan fingerprint density at radius 3 is 2.77 bits per heavy atom. The second-order valence-electron chi connectivity index (χ2n) is 4.24. The summed E-state index contributed by atoms with van der Waals surface area (Å²) in [7, 11) is 1.24. The summed E-state index contributed by atoms with van der Waals surface area (Å²) in [4.78, 5) is 15.2. The first-order valence-corrected chi connectivity index (χ1v) is 7.49. The summed E-state index contributed by atoms with van der Waals surface area (Å²) in [6.07, 6.45) is -3.51. The number of alkyl halides is 3. The zero-order valence-electron chi connectivity index (χ0n) is 11.3. The maximum Gasteiger partial charge on any atom is 0.420 e. The smallest absolute Gasteiger partial charge is 0.420 e. The number of hydrazine groups is 1. The van der Waals surface area contributed by atoms with Crippen LogP contribution in [0.2, 0.25) is 5.02 Å². The first kappa shape index (κ1) is 16.8. The number of nitrogens with one attached hydrogen (secondary N) is 2. The van der Waals surface area contributed by atoms with Crippen molar-refractivity contribution in [3.05, 3.63) is 34.1 Å². The highest BCUT2D eigenvalue weighted by Crippen LogP contribution is 2.35. The standard InChI is InChI=1S/C12H11ClF3N3O2S/c1-21-11(20)7-4-22-5-9(7)18-19-10-8(12(14,15)16)2-6(13)3-17-10/h2-3,18H,4-5H2,1H3,(H,17,19). The summed E-state index contributed by atoms with van der Waals surface area (Å²) in [6.45, 7) is 0. The monoisotopic (exact) mass is 353 g/mol. The number of aromatic nitrogens is 1. The highest BCUT2D eigenvalue weighted by molar-refractivity contribution is 7.99. The molecule has 2 N–H and O–H groups in total. The number of thioether (sulfide) groups is 1. The number of nitrogens with zero attached hydrogens (tertiary/aromatic N) is 1. The maximum atomic E-state index is 12.9. The van der Waals surface area contributed by atoms with Gasteiger partial charge in [0.15, 0.2) is 5.82 Å². The van der Waals surface area contributed by atoms with Gasteiger partial charge in [0.1, 0.15) is 5.56 Å². The number of carbonyl (C=O) groups is 1. The average molecular weight is 354 g/mol. The fourth-order valence-corrected chi connectivity index (χ4v) is 2.94. The Hall–Kier alpha value is -1.61. The number of rotatable bonds is 4. The van der Waals surface area contributed by atoms with E-state index in [4.69, 9.17) is 11.6 Å². The molecule has 0 radical (unpaired) electrons. The normalized spacial score (nSPS) is 15.0. The molecule has 0 amide bonds. The number of pyridine rings is 1. The zero-order chi connectivity index (χ0) is 16.3. The third kappa shape index (κ3) is 3.77. The number of hydrogen-bond acceptors (Lipinski definition) is 6. The molecule has 1 aromatic rings. The van der Waals surface area contributed by atoms with Gasteiger partial charge in [-0.05, 0) is 6.07 Å². The van der Waals surface area contributed by atoms with Crippen LogP contribution < -0.4 is 10.9 Å². The lowest BCUT2D eigenvalue weighted by atomic mass is 10.2. The van der Waals surface area contributed by atoms with Gasteiger partial charge in [0, 0.05) is 17.7 Å². The van der Waals surface area contributed by atoms with Crippen molar-refractivity contribution in [1.29, 1.82) is 0 Å². The molecule has 0 atom stereocenters. The van der Waals surface area contributed by atoms with E-state index in [2.05, 4.69) is 20.6 Å². The van der Waals surface area contributed by atoms with Crippen LogP contribution >= 0.6 is 23.4 Å². The highest BCUT2D eigenvalue weighted by Gasteiger charge is 2.35. The zero-order valence-corrected chi connectivity index (χ0v) is 12.8. The molecule has 10 heteroatoms. The van der Waals surface area contributed by atoms with Crippen LogP contribution in [0.15, 0.2) is 23.5 Å². The van der Waals surface area contributed by atoms with E-state index >= 15 is 0 Å². The third-order valence-electron chi connectivity index (χ3n) is 2.78. The summed E-state index contributed by atoms with van der Waals surface area (Å²) in [5, 5.41) is -0.122. The Labute approximate surface area is 133 Å². The summed E-state index contributed by atoms with van der Waals surface area (Å²) >= 11 is 6.99. The fraction of sp³-hybridized carbons (Fsp3) is 0.333. The van der Waals surface area contributed by atoms with Gasteiger partial charge in [0.05, 0.1) is 23.4 Å². The van der Waals surface area contributed by atoms with Gasteiger partial charge in [-0.15, -0.1) is 0 Å². The largest absolute Gasteiger partial charge is 0.466 e. The van der Waals surface area contributed by atoms with Crippen molar-refractivity contribution in [2.24, 2.45) is 0 Å². The van der Waals surface area contributed by atoms with Crippen molar-refractivity contribution in [3.63, 3.8) is 0 Å². The van der Waals surface area contributed by atoms with Crippen LogP contribution in [0.4, 0.5) is 19.0 Å². The van der Waals surface area contributed by atoms with Crippen molar-refractivity contribution in [2.45, 2.75) is 6.18 Å². The summed E-state index contributed by atoms with van der Waals surface area (Å²) in [6, 6.07) is 0.775. The SMILES string of the molecule is COC(=O)C1=C(NNc2ncc(Cl)cc2C(F)(F)F)CSC1. The molecule has 0 fully saturated rings. The Morgan fingerprint density at radius 2 is 2.14 bits per heavy atom. The van der Waals surface area contributed by atoms with Gasteiger partial charge in [0.2, 0.25) is 0 Å². The van der Waals surface area contributed by atoms with Gasteiger partial charge in [-0.25, -0.2) is 9.78 Å². The number of methoxy groups -OCH3 is 1. The topological polar surface area (TPSA) is 63.2 Å². The van der Waals surface area contributed by atoms with Crippen molar-refractivity contribution < 1.29 is 22.7 Å². The predicted molar refractivity (Wildman–Crippen MR) is 77.4 cm³/mol. The number of ether oxygens (including phenoxy) is 1. The fourth-order valence-electron chi connectivity index (χ4n) is 1.74. The molecule has 1 aromatic heterocycles. The van der Waals surface area contributed by atoms with E-state index in [0.29, 0.717) is 22.8 Å². The van der Waals surface area contributed by atoms with E-state index < -0.39 is 23.5 Å². The van der Waals surface area contributed by atoms with E-state index in [1.54, 1.807) is 0 Å². The van der Waals surface area contributed by atoms with E-state index in [9.17, 15) is 18.0 Å². The van der Waals surface area contributed by atoms with Gasteiger partial charge >= 0.3 is 12.1 Å². The van der Waals surface area contributed by atoms with Gasteiger partial charge in [-0.1, -0.05) is 11.6 Å². The van der Waals surface area contributed by atoms with Crippen LogP contribution in [0.1, 0.15) is 5.56 Å². The van der Waals surface area contributed by atoms with E-state index in [0.717, 1.165) is 12.3 Å². The molecule has 1 aliphatic heterocycles. The summed E-state index contributed by atoms with van der Waals surface area (Å²) in [5.41, 5.74) is 4.81. The van der Waals surface area contributed by atoms with Crippen LogP contribution in [0, 0.1) is 0 Å². The van der Waals surface area contributed by atoms with Crippen LogP contribution in [0.25, 0.3) is 0 Å². The van der Waals surface area contributed by atoms with Gasteiger partial charge in [-0.3, -0.25) is 5.43 Å². The number of carbonyl (C=O) groups excluding carboxylic acids is 1. The van der Waals surface area contributed by atoms with Crippen molar-refractivity contribution in [3.8, 4) is 0 Å². The van der Waals surface area contributed by atoms with Crippen LogP contribution in [0.3, 0.4) is 0 Å². The molecule has 2 rings (SSSR count). The van der Waals surface area contributed by atoms with Crippen molar-refractivity contribution in [1.82, 2.24) is 10.4 Å². The molecule has 0 aromatic carbocycles. The Morgan fingerprint density at radius 1 is 1.41 bits per heavy atom. The highest BCUT2D eigenvalue weighted by atomic mass is 35.5. The third-order valence-corrected chi connectivity index (χ3v) is 3.97. The second-order valence-corrected chi connectivity index (χ2v) is 5.66. The minimum absolute atomic E-state index is 0.122. The molecule has 5 nitrogen and oxygen atoms in total. The lowest BCUT2D eigenvalue weighted by molar-refractivity contribution is -0.137. The van der Waals surface area contributed by atoms with Crippen molar-refractivity contribution >= 4 is 35.1 Å². The molecule has 0 spiro atoms. The predicted octanol–water partition coefficient (Wildman–Crippen LogP) is 2.84. The first-order chi connectivity index (χ1) is 10.3. The van der Waals surface area contributed by atoms with E-state index in [1.165, 1.54) is 18.9 Å². The number of halogens is 4. The Balaban J connectivity index is 2.20. The van der Waals surface area contributed by atoms with Crippen molar-refractivity contribution in [2.75, 3.05) is 24.0 Å². The van der Waals surface area contributed by atoms with Gasteiger partial charge in [0.25, 0.3) is 0 Å². The van der Waals surface area contributed by atoms with Crippen LogP contribution in [-0.4, -0.2) is 29.6 Å². The molecule has 0 unspecified atom stereocenters. The van der Waals surface area contributed by atoms with E-state index in [1.807, 2.05) is 0 Å². The quantitative estimate of drug-likeness (QED) is 0.641. The van der Waals surface area contributed by atoms with Crippen LogP contribution in [-0.2, 0) is 15.7 Å². The number of hydrogen-bond donors (Lipinski definition) is 2. The number of esters is 1. The molecule has 120 valence electrons. The molecule has 0 saturated heterocycles. The molecular formula is C12H11ClF3N3O2S. The lowest BCUT2D eigenvalue weighted by Gasteiger charge is -2.16. The molecular weight excluding hydrogens is 343 g/mol. The lowest BCUT2D eigenvalue weighted by Crippen LogP contribution is -2.26. The van der Waals surface area contributed by atoms with Gasteiger partial charge < -0.3 is 10.2 Å². The summed E-state index contributed by atoms with van der Waals surface area (Å²) in [5.74, 6) is -0.0663. The van der Waals surface area contributed by atoms with E-state index in [-0.39, 0.29) is 5.02 Å². The molecule has 0 saturated carbocycles. The van der Waals surface area contributed by atoms with Gasteiger partial charge in [-0.2, -0.15) is 24.9 Å².